The zero-order valence-corrected chi connectivity index (χ0v) is 37.7. The Balaban J connectivity index is 0.984. The van der Waals surface area contributed by atoms with Gasteiger partial charge in [-0.3, -0.25) is 0 Å². The molecule has 11 aromatic carbocycles. The largest absolute Gasteiger partial charge is 0.0767 e. The van der Waals surface area contributed by atoms with Gasteiger partial charge < -0.3 is 0 Å². The first-order valence-electron chi connectivity index (χ1n) is 24.2. The summed E-state index contributed by atoms with van der Waals surface area (Å²) in [5.74, 6) is 0.413. The highest BCUT2D eigenvalue weighted by molar-refractivity contribution is 6.24. The molecular weight excluding hydrogens is 817 g/mol. The van der Waals surface area contributed by atoms with Crippen LogP contribution >= 0.6 is 0 Å². The Morgan fingerprint density at radius 1 is 0.338 bits per heavy atom. The van der Waals surface area contributed by atoms with Gasteiger partial charge in [-0.2, -0.15) is 0 Å². The third-order valence-corrected chi connectivity index (χ3v) is 15.3. The van der Waals surface area contributed by atoms with Gasteiger partial charge in [-0.15, -0.1) is 0 Å². The molecule has 0 fully saturated rings. The second-order valence-corrected chi connectivity index (χ2v) is 18.9. The second kappa shape index (κ2) is 15.7. The molecular formula is C68H46. The topological polar surface area (TPSA) is 0 Å². The SMILES string of the molecule is C1=CC2=CC=C(c3c4ccccc4c(C4=c5ccccc5=C(c5ccc(-c6c7ccccc7c(-c7ccc8ccccc8c7)c7ccccc67)c6ccccc56)CC4)c4ccccc34)CC2C=C1. The molecule has 1 unspecified atom stereocenters. The average Bonchev–Trinajstić information content (AvgIpc) is 3.41. The van der Waals surface area contributed by atoms with Crippen molar-refractivity contribution < 1.29 is 0 Å². The standard InChI is InChI=1S/C68H46/c1-3-19-45-41-47(35-33-43(45)17-1)65-55-25-9-13-29-59(55)67(60-30-14-10-26-56(60)65)63-39-37-53(49-21-5-7-23-51(49)63)54-38-40-64(52-24-8-6-22-50(52)54)68-61-31-15-11-27-57(61)66(58-28-12-16-32-62(58)68)48-36-34-44-18-2-4-20-46(44)42-48/h1-37,39,41,46H,38,40,42H2. The lowest BCUT2D eigenvalue weighted by atomic mass is 9.77. The molecule has 0 saturated carbocycles. The summed E-state index contributed by atoms with van der Waals surface area (Å²) in [7, 11) is 0. The summed E-state index contributed by atoms with van der Waals surface area (Å²) in [6, 6.07) is 75.3. The van der Waals surface area contributed by atoms with Gasteiger partial charge in [0.15, 0.2) is 0 Å². The van der Waals surface area contributed by atoms with Crippen molar-refractivity contribution in [3.63, 3.8) is 0 Å². The van der Waals surface area contributed by atoms with E-state index in [9.17, 15) is 0 Å². The number of rotatable bonds is 5. The predicted molar refractivity (Wildman–Crippen MR) is 291 cm³/mol. The van der Waals surface area contributed by atoms with Gasteiger partial charge in [-0.1, -0.05) is 231 Å². The molecule has 0 radical (unpaired) electrons. The Labute approximate surface area is 396 Å². The molecule has 11 aromatic rings. The van der Waals surface area contributed by atoms with E-state index in [0.29, 0.717) is 5.92 Å². The Bertz CT molecular complexity index is 4110. The van der Waals surface area contributed by atoms with Gasteiger partial charge in [0.1, 0.15) is 0 Å². The van der Waals surface area contributed by atoms with E-state index in [1.165, 1.54) is 136 Å². The molecule has 0 heteroatoms. The van der Waals surface area contributed by atoms with E-state index >= 15 is 0 Å². The maximum Gasteiger partial charge on any atom is 0.00617 e. The highest BCUT2D eigenvalue weighted by Crippen LogP contribution is 2.48. The molecule has 0 aromatic heterocycles. The lowest BCUT2D eigenvalue weighted by Crippen LogP contribution is -2.32. The van der Waals surface area contributed by atoms with E-state index in [-0.39, 0.29) is 0 Å². The van der Waals surface area contributed by atoms with Crippen LogP contribution in [0.1, 0.15) is 36.0 Å². The molecule has 3 aliphatic rings. The summed E-state index contributed by atoms with van der Waals surface area (Å²) >= 11 is 0. The van der Waals surface area contributed by atoms with Crippen molar-refractivity contribution in [2.24, 2.45) is 5.92 Å². The maximum atomic E-state index is 2.43. The molecule has 0 nitrogen and oxygen atoms in total. The average molecular weight is 863 g/mol. The van der Waals surface area contributed by atoms with E-state index in [4.69, 9.17) is 0 Å². The molecule has 0 aliphatic heterocycles. The van der Waals surface area contributed by atoms with Gasteiger partial charge >= 0.3 is 0 Å². The summed E-state index contributed by atoms with van der Waals surface area (Å²) in [6.07, 6.45) is 16.6. The van der Waals surface area contributed by atoms with Crippen LogP contribution < -0.4 is 10.4 Å². The first-order chi connectivity index (χ1) is 33.8. The number of hydrogen-bond acceptors (Lipinski definition) is 0. The first-order valence-corrected chi connectivity index (χ1v) is 24.2. The van der Waals surface area contributed by atoms with Gasteiger partial charge in [0, 0.05) is 5.92 Å². The summed E-state index contributed by atoms with van der Waals surface area (Å²) in [5.41, 5.74) is 14.9. The highest BCUT2D eigenvalue weighted by Gasteiger charge is 2.26. The first kappa shape index (κ1) is 38.9. The fourth-order valence-electron chi connectivity index (χ4n) is 12.4. The van der Waals surface area contributed by atoms with Crippen LogP contribution in [0.25, 0.3) is 104 Å². The molecule has 3 aliphatic carbocycles. The molecule has 0 heterocycles. The van der Waals surface area contributed by atoms with Crippen molar-refractivity contribution in [3.8, 4) is 22.3 Å². The molecule has 0 N–H and O–H groups in total. The minimum atomic E-state index is 0.413. The van der Waals surface area contributed by atoms with E-state index in [2.05, 4.69) is 237 Å². The van der Waals surface area contributed by atoms with Crippen molar-refractivity contribution in [1.82, 2.24) is 0 Å². The number of hydrogen-bond donors (Lipinski definition) is 0. The quantitative estimate of drug-likeness (QED) is 0.151. The molecule has 0 saturated heterocycles. The van der Waals surface area contributed by atoms with Crippen LogP contribution in [0.15, 0.2) is 242 Å². The van der Waals surface area contributed by atoms with Gasteiger partial charge in [0.25, 0.3) is 0 Å². The van der Waals surface area contributed by atoms with Crippen molar-refractivity contribution in [2.75, 3.05) is 0 Å². The smallest absolute Gasteiger partial charge is 0.00617 e. The van der Waals surface area contributed by atoms with Crippen molar-refractivity contribution >= 4 is 81.4 Å². The van der Waals surface area contributed by atoms with Crippen LogP contribution in [0.3, 0.4) is 0 Å². The summed E-state index contributed by atoms with van der Waals surface area (Å²) < 4.78 is 0. The van der Waals surface area contributed by atoms with Crippen LogP contribution in [0.4, 0.5) is 0 Å². The minimum absolute atomic E-state index is 0.413. The van der Waals surface area contributed by atoms with E-state index < -0.39 is 0 Å². The maximum absolute atomic E-state index is 2.43. The third-order valence-electron chi connectivity index (χ3n) is 15.3. The summed E-state index contributed by atoms with van der Waals surface area (Å²) in [6.45, 7) is 0. The van der Waals surface area contributed by atoms with Crippen LogP contribution in [-0.4, -0.2) is 0 Å². The van der Waals surface area contributed by atoms with E-state index in [0.717, 1.165) is 19.3 Å². The van der Waals surface area contributed by atoms with Crippen LogP contribution in [0, 0.1) is 5.92 Å². The molecule has 1 atom stereocenters. The monoisotopic (exact) mass is 862 g/mol. The zero-order chi connectivity index (χ0) is 44.7. The fourth-order valence-corrected chi connectivity index (χ4v) is 12.4. The molecule has 68 heavy (non-hydrogen) atoms. The van der Waals surface area contributed by atoms with E-state index in [1.807, 2.05) is 0 Å². The van der Waals surface area contributed by atoms with Crippen molar-refractivity contribution in [3.05, 3.63) is 269 Å². The summed E-state index contributed by atoms with van der Waals surface area (Å²) in [4.78, 5) is 0. The Hall–Kier alpha value is -8.32. The lowest BCUT2D eigenvalue weighted by molar-refractivity contribution is 0.794. The van der Waals surface area contributed by atoms with Crippen LogP contribution in [-0.2, 0) is 0 Å². The van der Waals surface area contributed by atoms with Gasteiger partial charge in [0.05, 0.1) is 0 Å². The van der Waals surface area contributed by atoms with Gasteiger partial charge in [-0.25, -0.2) is 0 Å². The third kappa shape index (κ3) is 6.00. The molecule has 0 amide bonds. The normalized spacial score (nSPS) is 15.6. The Morgan fingerprint density at radius 3 is 1.47 bits per heavy atom. The lowest BCUT2D eigenvalue weighted by Gasteiger charge is -2.26. The number of benzene rings is 11. The fraction of sp³-hybridized carbons (Fsp3) is 0.0588. The minimum Gasteiger partial charge on any atom is -0.0767 e. The van der Waals surface area contributed by atoms with E-state index in [1.54, 1.807) is 0 Å². The molecule has 318 valence electrons. The van der Waals surface area contributed by atoms with Crippen molar-refractivity contribution in [1.29, 1.82) is 0 Å². The van der Waals surface area contributed by atoms with Crippen molar-refractivity contribution in [2.45, 2.75) is 19.3 Å². The second-order valence-electron chi connectivity index (χ2n) is 18.9. The predicted octanol–water partition coefficient (Wildman–Crippen LogP) is 16.6. The highest BCUT2D eigenvalue weighted by atomic mass is 14.3. The van der Waals surface area contributed by atoms with Gasteiger partial charge in [-0.05, 0) is 162 Å². The summed E-state index contributed by atoms with van der Waals surface area (Å²) in [5, 5.41) is 18.2. The Morgan fingerprint density at radius 2 is 0.824 bits per heavy atom. The Kier molecular flexibility index (Phi) is 8.95. The zero-order valence-electron chi connectivity index (χ0n) is 37.7. The molecule has 0 spiro atoms. The van der Waals surface area contributed by atoms with Crippen LogP contribution in [0.2, 0.25) is 0 Å². The van der Waals surface area contributed by atoms with Crippen LogP contribution in [0.5, 0.6) is 0 Å². The van der Waals surface area contributed by atoms with Gasteiger partial charge in [0.2, 0.25) is 0 Å². The number of fused-ring (bicyclic) bond motifs is 8. The number of allylic oxidation sites excluding steroid dienone is 8. The molecule has 14 rings (SSSR count). The molecule has 0 bridgehead atoms.